The van der Waals surface area contributed by atoms with Gasteiger partial charge >= 0.3 is 6.03 Å². The minimum atomic E-state index is -1.82. The van der Waals surface area contributed by atoms with Gasteiger partial charge in [-0.2, -0.15) is 0 Å². The summed E-state index contributed by atoms with van der Waals surface area (Å²) in [5.74, 6) is -3.12. The van der Waals surface area contributed by atoms with E-state index in [1.807, 2.05) is 0 Å². The molecule has 1 saturated heterocycles. The lowest BCUT2D eigenvalue weighted by atomic mass is 9.91. The Morgan fingerprint density at radius 2 is 1.96 bits per heavy atom. The van der Waals surface area contributed by atoms with E-state index in [4.69, 9.17) is 11.6 Å². The van der Waals surface area contributed by atoms with Gasteiger partial charge in [-0.1, -0.05) is 17.7 Å². The monoisotopic (exact) mass is 393 g/mol. The number of nitrogens with zero attached hydrogens (tertiary/aromatic N) is 1. The average Bonchev–Trinajstić information content (AvgIpc) is 2.81. The number of urea groups is 1. The van der Waals surface area contributed by atoms with Crippen LogP contribution in [0.2, 0.25) is 5.02 Å². The van der Waals surface area contributed by atoms with Crippen molar-refractivity contribution in [2.24, 2.45) is 0 Å². The van der Waals surface area contributed by atoms with Gasteiger partial charge in [-0.05, 0) is 43.3 Å². The minimum Gasteiger partial charge on any atom is -0.324 e. The Labute approximate surface area is 158 Å². The lowest BCUT2D eigenvalue weighted by molar-refractivity contribution is -0.133. The molecule has 4 amide bonds. The van der Waals surface area contributed by atoms with E-state index in [1.54, 1.807) is 18.2 Å². The number of carbonyl (C=O) groups excluding carboxylic acids is 3. The van der Waals surface area contributed by atoms with Gasteiger partial charge in [0.1, 0.15) is 23.7 Å². The van der Waals surface area contributed by atoms with Gasteiger partial charge in [-0.15, -0.1) is 0 Å². The molecule has 140 valence electrons. The van der Waals surface area contributed by atoms with Crippen molar-refractivity contribution < 1.29 is 23.2 Å². The van der Waals surface area contributed by atoms with Crippen molar-refractivity contribution >= 4 is 35.1 Å². The second-order valence-electron chi connectivity index (χ2n) is 6.13. The highest BCUT2D eigenvalue weighted by Gasteiger charge is 2.50. The Balaban J connectivity index is 1.79. The summed E-state index contributed by atoms with van der Waals surface area (Å²) in [4.78, 5) is 37.7. The average molecular weight is 394 g/mol. The van der Waals surface area contributed by atoms with Crippen LogP contribution in [0.5, 0.6) is 0 Å². The third kappa shape index (κ3) is 3.61. The number of nitrogens with one attached hydrogen (secondary N) is 2. The summed E-state index contributed by atoms with van der Waals surface area (Å²) in [6, 6.07) is 8.04. The first-order chi connectivity index (χ1) is 12.7. The van der Waals surface area contributed by atoms with Crippen LogP contribution in [0.1, 0.15) is 12.5 Å². The molecule has 0 bridgehead atoms. The van der Waals surface area contributed by atoms with E-state index >= 15 is 0 Å². The number of anilines is 1. The highest BCUT2D eigenvalue weighted by Crippen LogP contribution is 2.31. The van der Waals surface area contributed by atoms with Crippen molar-refractivity contribution in [1.82, 2.24) is 10.2 Å². The molecule has 0 radical (unpaired) electrons. The Morgan fingerprint density at radius 1 is 1.22 bits per heavy atom. The molecule has 2 aromatic carbocycles. The molecule has 1 aliphatic rings. The number of rotatable bonds is 4. The van der Waals surface area contributed by atoms with Gasteiger partial charge in [-0.25, -0.2) is 13.6 Å². The van der Waals surface area contributed by atoms with Crippen molar-refractivity contribution in [2.45, 2.75) is 12.5 Å². The number of carbonyl (C=O) groups is 3. The fraction of sp³-hybridized carbons (Fsp3) is 0.167. The van der Waals surface area contributed by atoms with Crippen LogP contribution in [0.3, 0.4) is 0 Å². The lowest BCUT2D eigenvalue weighted by Gasteiger charge is -2.22. The third-order valence-electron chi connectivity index (χ3n) is 4.15. The summed E-state index contributed by atoms with van der Waals surface area (Å²) in [6.45, 7) is 0.656. The molecule has 2 N–H and O–H groups in total. The molecule has 0 aromatic heterocycles. The van der Waals surface area contributed by atoms with Crippen LogP contribution < -0.4 is 10.6 Å². The maximum absolute atomic E-state index is 14.1. The molecule has 0 saturated carbocycles. The van der Waals surface area contributed by atoms with Crippen molar-refractivity contribution in [3.05, 3.63) is 64.7 Å². The summed E-state index contributed by atoms with van der Waals surface area (Å²) >= 11 is 5.83. The molecule has 27 heavy (non-hydrogen) atoms. The molecule has 0 aliphatic carbocycles. The molecule has 1 heterocycles. The van der Waals surface area contributed by atoms with E-state index in [0.717, 1.165) is 18.2 Å². The van der Waals surface area contributed by atoms with Crippen molar-refractivity contribution in [3.63, 3.8) is 0 Å². The summed E-state index contributed by atoms with van der Waals surface area (Å²) in [5, 5.41) is 5.23. The van der Waals surface area contributed by atoms with E-state index in [9.17, 15) is 23.2 Å². The zero-order chi connectivity index (χ0) is 19.8. The van der Waals surface area contributed by atoms with Gasteiger partial charge in [0.2, 0.25) is 5.91 Å². The molecule has 9 heteroatoms. The SMILES string of the molecule is C[C@]1(c2cc(F)ccc2F)NC(=O)N(CC(=O)Nc2cccc(Cl)c2)C1=O. The fourth-order valence-corrected chi connectivity index (χ4v) is 3.00. The number of amides is 4. The van der Waals surface area contributed by atoms with Crippen LogP contribution in [-0.4, -0.2) is 29.3 Å². The molecule has 0 spiro atoms. The van der Waals surface area contributed by atoms with E-state index in [1.165, 1.54) is 13.0 Å². The lowest BCUT2D eigenvalue weighted by Crippen LogP contribution is -2.42. The van der Waals surface area contributed by atoms with Crippen LogP contribution in [0.4, 0.5) is 19.3 Å². The van der Waals surface area contributed by atoms with Crippen LogP contribution in [-0.2, 0) is 15.1 Å². The molecular formula is C18H14ClF2N3O3. The summed E-state index contributed by atoms with van der Waals surface area (Å²) in [6.07, 6.45) is 0. The van der Waals surface area contributed by atoms with Crippen molar-refractivity contribution in [3.8, 4) is 0 Å². The van der Waals surface area contributed by atoms with Crippen molar-refractivity contribution in [1.29, 1.82) is 0 Å². The Kier molecular flexibility index (Phi) is 4.84. The second-order valence-corrected chi connectivity index (χ2v) is 6.57. The number of hydrogen-bond acceptors (Lipinski definition) is 3. The van der Waals surface area contributed by atoms with Crippen LogP contribution in [0.15, 0.2) is 42.5 Å². The van der Waals surface area contributed by atoms with Crippen LogP contribution >= 0.6 is 11.6 Å². The molecule has 3 rings (SSSR count). The van der Waals surface area contributed by atoms with Gasteiger partial charge in [0.05, 0.1) is 0 Å². The quantitative estimate of drug-likeness (QED) is 0.784. The number of imide groups is 1. The van der Waals surface area contributed by atoms with Crippen molar-refractivity contribution in [2.75, 3.05) is 11.9 Å². The highest BCUT2D eigenvalue weighted by molar-refractivity contribution is 6.30. The first kappa shape index (κ1) is 18.8. The maximum Gasteiger partial charge on any atom is 0.325 e. The predicted molar refractivity (Wildman–Crippen MR) is 94.0 cm³/mol. The summed E-state index contributed by atoms with van der Waals surface area (Å²) in [7, 11) is 0. The van der Waals surface area contributed by atoms with Crippen LogP contribution in [0.25, 0.3) is 0 Å². The van der Waals surface area contributed by atoms with E-state index in [-0.39, 0.29) is 5.56 Å². The zero-order valence-corrected chi connectivity index (χ0v) is 14.8. The highest BCUT2D eigenvalue weighted by atomic mass is 35.5. The van der Waals surface area contributed by atoms with Gasteiger partial charge < -0.3 is 10.6 Å². The molecule has 1 fully saturated rings. The maximum atomic E-state index is 14.1. The van der Waals surface area contributed by atoms with E-state index in [2.05, 4.69) is 10.6 Å². The van der Waals surface area contributed by atoms with E-state index < -0.39 is 41.6 Å². The standard InChI is InChI=1S/C18H14ClF2N3O3/c1-18(13-8-11(20)5-6-14(13)21)16(26)24(17(27)23-18)9-15(25)22-12-4-2-3-10(19)7-12/h2-8H,9H2,1H3,(H,22,25)(H,23,27)/t18-/m1/s1. The van der Waals surface area contributed by atoms with E-state index in [0.29, 0.717) is 15.6 Å². The molecule has 2 aromatic rings. The largest absolute Gasteiger partial charge is 0.325 e. The molecule has 0 unspecified atom stereocenters. The summed E-state index contributed by atoms with van der Waals surface area (Å²) in [5.41, 5.74) is -1.75. The second kappa shape index (κ2) is 6.96. The van der Waals surface area contributed by atoms with Crippen LogP contribution in [0, 0.1) is 11.6 Å². The molecule has 1 aliphatic heterocycles. The Morgan fingerprint density at radius 3 is 2.67 bits per heavy atom. The first-order valence-corrected chi connectivity index (χ1v) is 8.23. The first-order valence-electron chi connectivity index (χ1n) is 7.86. The Hall–Kier alpha value is -3.00. The Bertz CT molecular complexity index is 953. The zero-order valence-electron chi connectivity index (χ0n) is 14.1. The van der Waals surface area contributed by atoms with Gasteiger partial charge in [0, 0.05) is 16.3 Å². The van der Waals surface area contributed by atoms with Gasteiger partial charge in [0.25, 0.3) is 5.91 Å². The van der Waals surface area contributed by atoms with Gasteiger partial charge in [0.15, 0.2) is 0 Å². The summed E-state index contributed by atoms with van der Waals surface area (Å²) < 4.78 is 27.6. The molecular weight excluding hydrogens is 380 g/mol. The fourth-order valence-electron chi connectivity index (χ4n) is 2.81. The third-order valence-corrected chi connectivity index (χ3v) is 4.39. The minimum absolute atomic E-state index is 0.321. The smallest absolute Gasteiger partial charge is 0.324 e. The predicted octanol–water partition coefficient (Wildman–Crippen LogP) is 3.02. The number of halogens is 3. The molecule has 1 atom stereocenters. The normalized spacial score (nSPS) is 19.2. The number of benzene rings is 2. The van der Waals surface area contributed by atoms with Gasteiger partial charge in [-0.3, -0.25) is 14.5 Å². The molecule has 6 nitrogen and oxygen atoms in total. The number of hydrogen-bond donors (Lipinski definition) is 2. The topological polar surface area (TPSA) is 78.5 Å².